The summed E-state index contributed by atoms with van der Waals surface area (Å²) >= 11 is 0. The second-order valence-corrected chi connectivity index (χ2v) is 5.01. The van der Waals surface area contributed by atoms with E-state index in [4.69, 9.17) is 4.74 Å². The van der Waals surface area contributed by atoms with Gasteiger partial charge in [-0.05, 0) is 35.9 Å². The van der Waals surface area contributed by atoms with Crippen LogP contribution in [0, 0.1) is 0 Å². The van der Waals surface area contributed by atoms with Gasteiger partial charge in [0.2, 0.25) is 0 Å². The van der Waals surface area contributed by atoms with Crippen LogP contribution in [0.4, 0.5) is 18.9 Å². The van der Waals surface area contributed by atoms with Gasteiger partial charge in [-0.2, -0.15) is 18.3 Å². The second kappa shape index (κ2) is 8.15. The number of anilines is 1. The normalized spacial score (nSPS) is 11.2. The van der Waals surface area contributed by atoms with Crippen LogP contribution < -0.4 is 15.5 Å². The zero-order valence-corrected chi connectivity index (χ0v) is 13.5. The maximum Gasteiger partial charge on any atom is 0.416 e. The van der Waals surface area contributed by atoms with Crippen molar-refractivity contribution in [2.45, 2.75) is 6.18 Å². The Balaban J connectivity index is 1.95. The molecular weight excluding hydrogens is 351 g/mol. The third-order valence-corrected chi connectivity index (χ3v) is 3.13. The maximum atomic E-state index is 12.6. The molecule has 26 heavy (non-hydrogen) atoms. The minimum absolute atomic E-state index is 0.156. The highest BCUT2D eigenvalue weighted by atomic mass is 19.4. The quantitative estimate of drug-likeness (QED) is 0.497. The molecule has 0 saturated heterocycles. The third-order valence-electron chi connectivity index (χ3n) is 3.13. The van der Waals surface area contributed by atoms with E-state index in [0.29, 0.717) is 11.3 Å². The van der Waals surface area contributed by atoms with E-state index < -0.39 is 23.6 Å². The van der Waals surface area contributed by atoms with Crippen LogP contribution in [-0.4, -0.2) is 25.1 Å². The lowest BCUT2D eigenvalue weighted by Crippen LogP contribution is -2.32. The molecule has 0 fully saturated rings. The number of methoxy groups -OCH3 is 1. The fourth-order valence-corrected chi connectivity index (χ4v) is 1.90. The summed E-state index contributed by atoms with van der Waals surface area (Å²) in [5.74, 6) is -1.68. The number of carbonyl (C=O) groups excluding carboxylic acids is 2. The summed E-state index contributed by atoms with van der Waals surface area (Å²) in [5.41, 5.74) is 1.51. The fraction of sp³-hybridized carbons (Fsp3) is 0.118. The predicted octanol–water partition coefficient (Wildman–Crippen LogP) is 2.80. The lowest BCUT2D eigenvalue weighted by atomic mass is 10.2. The van der Waals surface area contributed by atoms with Crippen LogP contribution >= 0.6 is 0 Å². The van der Waals surface area contributed by atoms with Gasteiger partial charge in [0.25, 0.3) is 0 Å². The summed E-state index contributed by atoms with van der Waals surface area (Å²) in [5, 5.41) is 5.69. The molecule has 2 amide bonds. The van der Waals surface area contributed by atoms with Gasteiger partial charge in [0, 0.05) is 5.69 Å². The SMILES string of the molecule is COc1cccc(/C=N/NC(=O)C(=O)Nc2cccc(C(F)(F)F)c2)c1. The molecule has 0 bridgehead atoms. The Hall–Kier alpha value is -3.36. The van der Waals surface area contributed by atoms with Crippen molar-refractivity contribution in [3.05, 3.63) is 59.7 Å². The average molecular weight is 365 g/mol. The molecule has 0 atom stereocenters. The van der Waals surface area contributed by atoms with Gasteiger partial charge in [-0.1, -0.05) is 18.2 Å². The smallest absolute Gasteiger partial charge is 0.416 e. The van der Waals surface area contributed by atoms with Crippen LogP contribution in [0.2, 0.25) is 0 Å². The third kappa shape index (κ3) is 5.33. The lowest BCUT2D eigenvalue weighted by Gasteiger charge is -2.09. The van der Waals surface area contributed by atoms with Crippen LogP contribution in [0.1, 0.15) is 11.1 Å². The molecule has 2 aromatic carbocycles. The van der Waals surface area contributed by atoms with Crippen LogP contribution in [0.3, 0.4) is 0 Å². The predicted molar refractivity (Wildman–Crippen MR) is 88.8 cm³/mol. The van der Waals surface area contributed by atoms with Crippen molar-refractivity contribution < 1.29 is 27.5 Å². The van der Waals surface area contributed by atoms with E-state index in [1.807, 2.05) is 5.43 Å². The van der Waals surface area contributed by atoms with Crippen molar-refractivity contribution in [2.75, 3.05) is 12.4 Å². The fourth-order valence-electron chi connectivity index (χ4n) is 1.90. The molecule has 2 N–H and O–H groups in total. The Morgan fingerprint density at radius 2 is 1.81 bits per heavy atom. The van der Waals surface area contributed by atoms with Crippen molar-refractivity contribution in [3.8, 4) is 5.75 Å². The molecule has 2 rings (SSSR count). The van der Waals surface area contributed by atoms with Crippen LogP contribution in [0.15, 0.2) is 53.6 Å². The minimum atomic E-state index is -4.55. The van der Waals surface area contributed by atoms with Gasteiger partial charge in [0.15, 0.2) is 0 Å². The molecule has 2 aromatic rings. The number of hydrazone groups is 1. The van der Waals surface area contributed by atoms with Crippen molar-refractivity contribution >= 4 is 23.7 Å². The Bertz CT molecular complexity index is 835. The number of nitrogens with zero attached hydrogens (tertiary/aromatic N) is 1. The second-order valence-electron chi connectivity index (χ2n) is 5.01. The van der Waals surface area contributed by atoms with E-state index in [1.54, 1.807) is 24.3 Å². The first-order valence-electron chi connectivity index (χ1n) is 7.25. The van der Waals surface area contributed by atoms with E-state index in [2.05, 4.69) is 10.4 Å². The standard InChI is InChI=1S/C17H14F3N3O3/c1-26-14-7-2-4-11(8-14)10-21-23-16(25)15(24)22-13-6-3-5-12(9-13)17(18,19)20/h2-10H,1H3,(H,22,24)(H,23,25)/b21-10+. The summed E-state index contributed by atoms with van der Waals surface area (Å²) < 4.78 is 42.9. The first-order chi connectivity index (χ1) is 12.3. The van der Waals surface area contributed by atoms with Crippen molar-refractivity contribution in [1.82, 2.24) is 5.43 Å². The van der Waals surface area contributed by atoms with Gasteiger partial charge in [0.05, 0.1) is 18.9 Å². The Morgan fingerprint density at radius 3 is 2.50 bits per heavy atom. The zero-order valence-electron chi connectivity index (χ0n) is 13.5. The summed E-state index contributed by atoms with van der Waals surface area (Å²) in [7, 11) is 1.50. The zero-order chi connectivity index (χ0) is 19.2. The van der Waals surface area contributed by atoms with E-state index in [0.717, 1.165) is 18.2 Å². The van der Waals surface area contributed by atoms with E-state index >= 15 is 0 Å². The van der Waals surface area contributed by atoms with E-state index in [-0.39, 0.29) is 5.69 Å². The Labute approximate surface area is 146 Å². The molecule has 0 aliphatic heterocycles. The molecule has 0 aromatic heterocycles. The van der Waals surface area contributed by atoms with Crippen LogP contribution in [0.25, 0.3) is 0 Å². The molecular formula is C17H14F3N3O3. The van der Waals surface area contributed by atoms with Gasteiger partial charge in [-0.25, -0.2) is 5.43 Å². The van der Waals surface area contributed by atoms with Crippen LogP contribution in [-0.2, 0) is 15.8 Å². The number of alkyl halides is 3. The monoisotopic (exact) mass is 365 g/mol. The van der Waals surface area contributed by atoms with Gasteiger partial charge in [-0.15, -0.1) is 0 Å². The number of halogens is 3. The summed E-state index contributed by atoms with van der Waals surface area (Å²) in [6.07, 6.45) is -3.26. The number of carbonyl (C=O) groups is 2. The molecule has 136 valence electrons. The van der Waals surface area contributed by atoms with Crippen molar-refractivity contribution in [1.29, 1.82) is 0 Å². The number of hydrogen-bond donors (Lipinski definition) is 2. The van der Waals surface area contributed by atoms with Gasteiger partial charge in [0.1, 0.15) is 5.75 Å². The number of benzene rings is 2. The molecule has 0 aliphatic carbocycles. The van der Waals surface area contributed by atoms with Gasteiger partial charge in [-0.3, -0.25) is 9.59 Å². The number of hydrogen-bond acceptors (Lipinski definition) is 4. The molecule has 0 spiro atoms. The molecule has 0 heterocycles. The van der Waals surface area contributed by atoms with Crippen molar-refractivity contribution in [2.24, 2.45) is 5.10 Å². The van der Waals surface area contributed by atoms with Crippen molar-refractivity contribution in [3.63, 3.8) is 0 Å². The maximum absolute atomic E-state index is 12.6. The highest BCUT2D eigenvalue weighted by molar-refractivity contribution is 6.39. The molecule has 9 heteroatoms. The molecule has 0 saturated carbocycles. The topological polar surface area (TPSA) is 79.8 Å². The Morgan fingerprint density at radius 1 is 1.08 bits per heavy atom. The number of ether oxygens (including phenoxy) is 1. The first-order valence-corrected chi connectivity index (χ1v) is 7.25. The first kappa shape index (κ1) is 19.0. The Kier molecular flexibility index (Phi) is 5.94. The summed E-state index contributed by atoms with van der Waals surface area (Å²) in [4.78, 5) is 23.4. The number of amides is 2. The molecule has 0 radical (unpaired) electrons. The summed E-state index contributed by atoms with van der Waals surface area (Å²) in [6.45, 7) is 0. The van der Waals surface area contributed by atoms with Gasteiger partial charge >= 0.3 is 18.0 Å². The highest BCUT2D eigenvalue weighted by Gasteiger charge is 2.30. The van der Waals surface area contributed by atoms with E-state index in [9.17, 15) is 22.8 Å². The lowest BCUT2D eigenvalue weighted by molar-refractivity contribution is -0.137. The van der Waals surface area contributed by atoms with E-state index in [1.165, 1.54) is 19.4 Å². The molecule has 0 aliphatic rings. The molecule has 0 unspecified atom stereocenters. The average Bonchev–Trinajstić information content (AvgIpc) is 2.61. The number of rotatable bonds is 4. The van der Waals surface area contributed by atoms with Gasteiger partial charge < -0.3 is 10.1 Å². The molecule has 6 nitrogen and oxygen atoms in total. The summed E-state index contributed by atoms with van der Waals surface area (Å²) in [6, 6.07) is 10.7. The minimum Gasteiger partial charge on any atom is -0.497 e. The van der Waals surface area contributed by atoms with Crippen LogP contribution in [0.5, 0.6) is 5.75 Å². The largest absolute Gasteiger partial charge is 0.497 e. The number of nitrogens with one attached hydrogen (secondary N) is 2. The highest BCUT2D eigenvalue weighted by Crippen LogP contribution is 2.30.